The van der Waals surface area contributed by atoms with Crippen molar-refractivity contribution in [1.29, 1.82) is 0 Å². The smallest absolute Gasteiger partial charge is 0.275 e. The van der Waals surface area contributed by atoms with Gasteiger partial charge in [0.05, 0.1) is 26.7 Å². The molecule has 1 aromatic carbocycles. The predicted octanol–water partition coefficient (Wildman–Crippen LogP) is -2.01. The maximum atomic E-state index is 12.7. The number of nitrogens with zero attached hydrogens (tertiary/aromatic N) is 2. The first kappa shape index (κ1) is 24.2. The Balaban J connectivity index is 0.00000392. The van der Waals surface area contributed by atoms with Gasteiger partial charge >= 0.3 is 0 Å². The van der Waals surface area contributed by atoms with Crippen LogP contribution in [0.25, 0.3) is 0 Å². The highest BCUT2D eigenvalue weighted by molar-refractivity contribution is 6.07. The lowest BCUT2D eigenvalue weighted by atomic mass is 10.0. The Morgan fingerprint density at radius 3 is 2.32 bits per heavy atom. The molecule has 1 aliphatic heterocycles. The fourth-order valence-corrected chi connectivity index (χ4v) is 3.03. The number of ketones is 1. The highest BCUT2D eigenvalue weighted by atomic mass is 127. The van der Waals surface area contributed by atoms with Crippen LogP contribution in [0.15, 0.2) is 30.3 Å². The number of nitrogens with one attached hydrogen (secondary N) is 1. The van der Waals surface area contributed by atoms with Gasteiger partial charge in [-0.05, 0) is 20.3 Å². The zero-order valence-corrected chi connectivity index (χ0v) is 18.8. The molecule has 0 aromatic heterocycles. The molecule has 1 unspecified atom stereocenters. The van der Waals surface area contributed by atoms with Gasteiger partial charge in [0.15, 0.2) is 12.3 Å². The van der Waals surface area contributed by atoms with Crippen LogP contribution in [0.2, 0.25) is 0 Å². The van der Waals surface area contributed by atoms with Crippen molar-refractivity contribution in [2.45, 2.75) is 32.7 Å². The minimum Gasteiger partial charge on any atom is -1.00 e. The Hall–Kier alpha value is -1.81. The van der Waals surface area contributed by atoms with Gasteiger partial charge in [-0.2, -0.15) is 0 Å². The van der Waals surface area contributed by atoms with Gasteiger partial charge in [0.1, 0.15) is 6.04 Å². The van der Waals surface area contributed by atoms with E-state index in [4.69, 9.17) is 0 Å². The molecule has 28 heavy (non-hydrogen) atoms. The summed E-state index contributed by atoms with van der Waals surface area (Å²) >= 11 is 0. The van der Waals surface area contributed by atoms with E-state index in [0.717, 1.165) is 18.0 Å². The number of piperidine rings is 1. The fraction of sp³-hybridized carbons (Fsp3) is 0.500. The Kier molecular flexibility index (Phi) is 9.22. The van der Waals surface area contributed by atoms with Crippen LogP contribution in [0, 0.1) is 0 Å². The van der Waals surface area contributed by atoms with Crippen LogP contribution in [-0.2, 0) is 14.4 Å². The van der Waals surface area contributed by atoms with Crippen molar-refractivity contribution in [2.75, 3.05) is 33.2 Å². The molecule has 0 spiro atoms. The molecule has 0 bridgehead atoms. The van der Waals surface area contributed by atoms with Crippen molar-refractivity contribution >= 4 is 23.5 Å². The lowest BCUT2D eigenvalue weighted by Crippen LogP contribution is -3.00. The van der Waals surface area contributed by atoms with E-state index in [-0.39, 0.29) is 67.5 Å². The monoisotopic (exact) mass is 501 g/mol. The Bertz CT molecular complexity index is 719. The van der Waals surface area contributed by atoms with Crippen molar-refractivity contribution in [3.8, 4) is 0 Å². The second-order valence-electron chi connectivity index (χ2n) is 7.18. The number of halogens is 1. The summed E-state index contributed by atoms with van der Waals surface area (Å²) in [5, 5.41) is 2.75. The first-order chi connectivity index (χ1) is 12.8. The van der Waals surface area contributed by atoms with Gasteiger partial charge in [-0.25, -0.2) is 0 Å². The van der Waals surface area contributed by atoms with E-state index >= 15 is 0 Å². The number of quaternary nitrogens is 1. The Labute approximate surface area is 183 Å². The number of hydrogen-bond donors (Lipinski definition) is 1. The van der Waals surface area contributed by atoms with Crippen LogP contribution in [0.5, 0.6) is 0 Å². The van der Waals surface area contributed by atoms with Crippen molar-refractivity contribution in [3.63, 3.8) is 0 Å². The number of carbonyl (C=O) groups is 4. The summed E-state index contributed by atoms with van der Waals surface area (Å²) in [6.07, 6.45) is 0.397. The number of rotatable bonds is 8. The number of amides is 3. The number of Topliss-reactive ketones (excluding diaryl/α,β-unsaturated/α-hetero) is 1. The summed E-state index contributed by atoms with van der Waals surface area (Å²) in [5.74, 6) is -1.41. The topological polar surface area (TPSA) is 83.6 Å². The van der Waals surface area contributed by atoms with Gasteiger partial charge < -0.3 is 33.8 Å². The lowest BCUT2D eigenvalue weighted by Gasteiger charge is -2.33. The van der Waals surface area contributed by atoms with Crippen LogP contribution in [0.3, 0.4) is 0 Å². The lowest BCUT2D eigenvalue weighted by molar-refractivity contribution is -0.898. The SMILES string of the molecule is CC[N+](C)(CC)CC(=O)NC1CCC(=O)N(CC(=O)c2ccccc2)C1=O.[I-]. The largest absolute Gasteiger partial charge is 1.00 e. The van der Waals surface area contributed by atoms with Crippen molar-refractivity contribution in [2.24, 2.45) is 0 Å². The summed E-state index contributed by atoms with van der Waals surface area (Å²) in [4.78, 5) is 50.5. The van der Waals surface area contributed by atoms with E-state index in [1.54, 1.807) is 30.3 Å². The molecular formula is C20H28IN3O4. The molecule has 1 atom stereocenters. The molecule has 0 radical (unpaired) electrons. The van der Waals surface area contributed by atoms with E-state index < -0.39 is 11.9 Å². The molecule has 7 nitrogen and oxygen atoms in total. The summed E-state index contributed by atoms with van der Waals surface area (Å²) in [5.41, 5.74) is 0.447. The summed E-state index contributed by atoms with van der Waals surface area (Å²) in [6, 6.07) is 7.78. The molecule has 1 N–H and O–H groups in total. The van der Waals surface area contributed by atoms with E-state index in [9.17, 15) is 19.2 Å². The number of likely N-dealkylation sites (N-methyl/N-ethyl adjacent to an activating group) is 1. The van der Waals surface area contributed by atoms with Gasteiger partial charge in [0, 0.05) is 12.0 Å². The zero-order valence-electron chi connectivity index (χ0n) is 16.6. The number of hydrogen-bond acceptors (Lipinski definition) is 4. The second kappa shape index (κ2) is 10.7. The van der Waals surface area contributed by atoms with Crippen LogP contribution in [0.1, 0.15) is 37.0 Å². The number of benzene rings is 1. The number of likely N-dealkylation sites (tertiary alicyclic amines) is 1. The zero-order chi connectivity index (χ0) is 20.0. The molecule has 8 heteroatoms. The predicted molar refractivity (Wildman–Crippen MR) is 101 cm³/mol. The van der Waals surface area contributed by atoms with E-state index in [1.165, 1.54) is 0 Å². The first-order valence-electron chi connectivity index (χ1n) is 9.35. The minimum absolute atomic E-state index is 0. The maximum absolute atomic E-state index is 12.7. The van der Waals surface area contributed by atoms with Crippen LogP contribution in [-0.4, -0.2) is 72.2 Å². The van der Waals surface area contributed by atoms with Gasteiger partial charge in [0.25, 0.3) is 11.8 Å². The van der Waals surface area contributed by atoms with Gasteiger partial charge in [0.2, 0.25) is 5.91 Å². The fourth-order valence-electron chi connectivity index (χ4n) is 3.03. The third-order valence-electron chi connectivity index (χ3n) is 5.30. The first-order valence-corrected chi connectivity index (χ1v) is 9.35. The minimum atomic E-state index is -0.763. The van der Waals surface area contributed by atoms with Crippen LogP contribution < -0.4 is 29.3 Å². The quantitative estimate of drug-likeness (QED) is 0.193. The Morgan fingerprint density at radius 2 is 1.75 bits per heavy atom. The molecule has 1 aromatic rings. The molecule has 1 fully saturated rings. The molecule has 3 amide bonds. The molecule has 1 heterocycles. The number of carbonyl (C=O) groups excluding carboxylic acids is 4. The van der Waals surface area contributed by atoms with E-state index in [1.807, 2.05) is 20.9 Å². The van der Waals surface area contributed by atoms with E-state index in [0.29, 0.717) is 10.0 Å². The highest BCUT2D eigenvalue weighted by Crippen LogP contribution is 2.15. The van der Waals surface area contributed by atoms with Crippen LogP contribution >= 0.6 is 0 Å². The highest BCUT2D eigenvalue weighted by Gasteiger charge is 2.37. The van der Waals surface area contributed by atoms with Crippen molar-refractivity contribution in [3.05, 3.63) is 35.9 Å². The van der Waals surface area contributed by atoms with Crippen LogP contribution in [0.4, 0.5) is 0 Å². The average Bonchev–Trinajstić information content (AvgIpc) is 2.67. The third-order valence-corrected chi connectivity index (χ3v) is 5.30. The van der Waals surface area contributed by atoms with E-state index in [2.05, 4.69) is 5.32 Å². The Morgan fingerprint density at radius 1 is 1.14 bits per heavy atom. The van der Waals surface area contributed by atoms with Crippen molar-refractivity contribution in [1.82, 2.24) is 10.2 Å². The third kappa shape index (κ3) is 6.10. The molecular weight excluding hydrogens is 473 g/mol. The van der Waals surface area contributed by atoms with Gasteiger partial charge in [-0.1, -0.05) is 30.3 Å². The molecule has 1 aliphatic rings. The average molecular weight is 501 g/mol. The summed E-state index contributed by atoms with van der Waals surface area (Å²) < 4.78 is 0.571. The summed E-state index contributed by atoms with van der Waals surface area (Å²) in [6.45, 7) is 5.60. The normalized spacial score (nSPS) is 17.1. The number of imide groups is 1. The molecule has 1 saturated heterocycles. The maximum Gasteiger partial charge on any atom is 0.275 e. The van der Waals surface area contributed by atoms with Gasteiger partial charge in [-0.15, -0.1) is 0 Å². The summed E-state index contributed by atoms with van der Waals surface area (Å²) in [7, 11) is 1.98. The standard InChI is InChI=1S/C20H27N3O4.HI/c1-4-23(3,5-2)14-18(25)21-16-11-12-19(26)22(20(16)27)13-17(24)15-9-7-6-8-10-15;/h6-10,16H,4-5,11-14H2,1-3H3;1H. The second-order valence-corrected chi connectivity index (χ2v) is 7.18. The molecule has 0 saturated carbocycles. The van der Waals surface area contributed by atoms with Gasteiger partial charge in [-0.3, -0.25) is 24.1 Å². The molecule has 0 aliphatic carbocycles. The van der Waals surface area contributed by atoms with Crippen molar-refractivity contribution < 1.29 is 47.6 Å². The molecule has 154 valence electrons. The molecule has 2 rings (SSSR count).